The van der Waals surface area contributed by atoms with Gasteiger partial charge in [-0.3, -0.25) is 0 Å². The van der Waals surface area contributed by atoms with Gasteiger partial charge in [0.15, 0.2) is 5.96 Å². The maximum atomic E-state index is 9.59. The first-order chi connectivity index (χ1) is 10.3. The van der Waals surface area contributed by atoms with E-state index in [9.17, 15) is 5.11 Å². The van der Waals surface area contributed by atoms with E-state index in [0.29, 0.717) is 12.1 Å². The Morgan fingerprint density at radius 3 is 2.48 bits per heavy atom. The largest absolute Gasteiger partial charge is 0.508 e. The smallest absolute Gasteiger partial charge is 0.196 e. The lowest BCUT2D eigenvalue weighted by Crippen LogP contribution is -2.38. The van der Waals surface area contributed by atoms with Gasteiger partial charge < -0.3 is 15.7 Å². The van der Waals surface area contributed by atoms with Crippen LogP contribution >= 0.6 is 0 Å². The quantitative estimate of drug-likeness (QED) is 0.587. The second kappa shape index (κ2) is 6.83. The predicted octanol–water partition coefficient (Wildman–Crippen LogP) is 3.63. The topological polar surface area (TPSA) is 56.6 Å². The number of benzene rings is 1. The number of anilines is 1. The molecule has 0 heterocycles. The van der Waals surface area contributed by atoms with Crippen LogP contribution in [0.25, 0.3) is 0 Å². The maximum absolute atomic E-state index is 9.59. The fourth-order valence-corrected chi connectivity index (χ4v) is 3.31. The molecule has 4 heteroatoms. The lowest BCUT2D eigenvalue weighted by molar-refractivity contribution is 0.475. The molecule has 3 rings (SSSR count). The van der Waals surface area contributed by atoms with Gasteiger partial charge in [-0.15, -0.1) is 0 Å². The Bertz CT molecular complexity index is 489. The van der Waals surface area contributed by atoms with Gasteiger partial charge in [0.2, 0.25) is 0 Å². The van der Waals surface area contributed by atoms with E-state index in [4.69, 9.17) is 4.99 Å². The third-order valence-electron chi connectivity index (χ3n) is 4.44. The molecule has 0 radical (unpaired) electrons. The molecule has 0 atom stereocenters. The second-order valence-electron chi connectivity index (χ2n) is 6.22. The fourth-order valence-electron chi connectivity index (χ4n) is 3.31. The monoisotopic (exact) mass is 287 g/mol. The van der Waals surface area contributed by atoms with Crippen LogP contribution in [0.3, 0.4) is 0 Å². The molecule has 0 amide bonds. The summed E-state index contributed by atoms with van der Waals surface area (Å²) in [5.41, 5.74) is 0.886. The van der Waals surface area contributed by atoms with Gasteiger partial charge in [0, 0.05) is 17.8 Å². The molecule has 0 bridgehead atoms. The second-order valence-corrected chi connectivity index (χ2v) is 6.22. The van der Waals surface area contributed by atoms with Crippen molar-refractivity contribution in [3.05, 3.63) is 24.3 Å². The number of nitrogens with zero attached hydrogens (tertiary/aromatic N) is 1. The van der Waals surface area contributed by atoms with Gasteiger partial charge in [-0.2, -0.15) is 0 Å². The zero-order valence-electron chi connectivity index (χ0n) is 12.5. The van der Waals surface area contributed by atoms with Crippen molar-refractivity contribution in [3.63, 3.8) is 0 Å². The molecule has 0 unspecified atom stereocenters. The molecular formula is C17H25N3O. The first-order valence-corrected chi connectivity index (χ1v) is 8.20. The van der Waals surface area contributed by atoms with E-state index in [1.54, 1.807) is 12.1 Å². The van der Waals surface area contributed by atoms with Gasteiger partial charge in [-0.05, 0) is 37.8 Å². The van der Waals surface area contributed by atoms with Crippen LogP contribution in [0.5, 0.6) is 5.75 Å². The van der Waals surface area contributed by atoms with Crippen molar-refractivity contribution in [1.29, 1.82) is 0 Å². The molecule has 3 N–H and O–H groups in total. The van der Waals surface area contributed by atoms with Gasteiger partial charge in [0.25, 0.3) is 0 Å². The molecular weight excluding hydrogens is 262 g/mol. The van der Waals surface area contributed by atoms with Crippen molar-refractivity contribution in [3.8, 4) is 5.75 Å². The van der Waals surface area contributed by atoms with Crippen molar-refractivity contribution in [2.45, 2.75) is 63.5 Å². The van der Waals surface area contributed by atoms with Crippen LogP contribution in [0.4, 0.5) is 5.69 Å². The summed E-state index contributed by atoms with van der Waals surface area (Å²) in [7, 11) is 0. The average molecular weight is 287 g/mol. The SMILES string of the molecule is Oc1cccc(NC(=NC2CCCC2)NC2CCCC2)c1. The van der Waals surface area contributed by atoms with E-state index < -0.39 is 0 Å². The molecule has 21 heavy (non-hydrogen) atoms. The summed E-state index contributed by atoms with van der Waals surface area (Å²) in [6.07, 6.45) is 10.0. The van der Waals surface area contributed by atoms with Crippen LogP contribution in [0.2, 0.25) is 0 Å². The highest BCUT2D eigenvalue weighted by Crippen LogP contribution is 2.23. The van der Waals surface area contributed by atoms with Crippen molar-refractivity contribution in [1.82, 2.24) is 5.32 Å². The highest BCUT2D eigenvalue weighted by atomic mass is 16.3. The number of aliphatic imine (C=N–C) groups is 1. The number of aromatic hydroxyl groups is 1. The number of phenols is 1. The Morgan fingerprint density at radius 2 is 1.76 bits per heavy atom. The molecule has 2 saturated carbocycles. The van der Waals surface area contributed by atoms with Crippen molar-refractivity contribution in [2.75, 3.05) is 5.32 Å². The molecule has 4 nitrogen and oxygen atoms in total. The number of guanidine groups is 1. The fraction of sp³-hybridized carbons (Fsp3) is 0.588. The molecule has 0 aliphatic heterocycles. The Kier molecular flexibility index (Phi) is 4.63. The zero-order chi connectivity index (χ0) is 14.5. The normalized spacial score (nSPS) is 20.9. The van der Waals surface area contributed by atoms with Crippen molar-refractivity contribution >= 4 is 11.6 Å². The van der Waals surface area contributed by atoms with Crippen LogP contribution in [-0.2, 0) is 0 Å². The molecule has 2 aliphatic rings. The number of hydrogen-bond donors (Lipinski definition) is 3. The van der Waals surface area contributed by atoms with Gasteiger partial charge in [0.05, 0.1) is 6.04 Å². The molecule has 0 aromatic heterocycles. The number of nitrogens with one attached hydrogen (secondary N) is 2. The molecule has 114 valence electrons. The van der Waals surface area contributed by atoms with Crippen molar-refractivity contribution in [2.24, 2.45) is 4.99 Å². The van der Waals surface area contributed by atoms with E-state index in [1.807, 2.05) is 12.1 Å². The summed E-state index contributed by atoms with van der Waals surface area (Å²) in [5.74, 6) is 1.15. The van der Waals surface area contributed by atoms with Gasteiger partial charge in [-0.1, -0.05) is 31.7 Å². The average Bonchev–Trinajstić information content (AvgIpc) is 3.12. The highest BCUT2D eigenvalue weighted by molar-refractivity contribution is 5.94. The number of phenolic OH excluding ortho intramolecular Hbond substituents is 1. The van der Waals surface area contributed by atoms with Gasteiger partial charge >= 0.3 is 0 Å². The summed E-state index contributed by atoms with van der Waals surface area (Å²) in [6.45, 7) is 0. The first-order valence-electron chi connectivity index (χ1n) is 8.20. The maximum Gasteiger partial charge on any atom is 0.196 e. The van der Waals surface area contributed by atoms with E-state index >= 15 is 0 Å². The van der Waals surface area contributed by atoms with Crippen LogP contribution in [0.1, 0.15) is 51.4 Å². The zero-order valence-corrected chi connectivity index (χ0v) is 12.5. The summed E-state index contributed by atoms with van der Waals surface area (Å²) in [4.78, 5) is 4.88. The van der Waals surface area contributed by atoms with Gasteiger partial charge in [-0.25, -0.2) is 4.99 Å². The van der Waals surface area contributed by atoms with E-state index in [1.165, 1.54) is 51.4 Å². The number of hydrogen-bond acceptors (Lipinski definition) is 2. The Balaban J connectivity index is 1.70. The molecule has 0 saturated heterocycles. The molecule has 0 spiro atoms. The van der Waals surface area contributed by atoms with E-state index in [2.05, 4.69) is 10.6 Å². The molecule has 1 aromatic rings. The van der Waals surface area contributed by atoms with Crippen LogP contribution in [0, 0.1) is 0 Å². The first kappa shape index (κ1) is 14.2. The Hall–Kier alpha value is -1.71. The molecule has 1 aromatic carbocycles. The third kappa shape index (κ3) is 4.13. The van der Waals surface area contributed by atoms with Crippen LogP contribution < -0.4 is 10.6 Å². The lowest BCUT2D eigenvalue weighted by atomic mass is 10.2. The highest BCUT2D eigenvalue weighted by Gasteiger charge is 2.19. The van der Waals surface area contributed by atoms with Crippen LogP contribution in [0.15, 0.2) is 29.3 Å². The Labute approximate surface area is 126 Å². The minimum absolute atomic E-state index is 0.279. The third-order valence-corrected chi connectivity index (χ3v) is 4.44. The van der Waals surface area contributed by atoms with E-state index in [-0.39, 0.29) is 5.75 Å². The summed E-state index contributed by atoms with van der Waals surface area (Å²) in [5, 5.41) is 16.5. The summed E-state index contributed by atoms with van der Waals surface area (Å²) in [6, 6.07) is 8.21. The molecule has 2 aliphatic carbocycles. The minimum Gasteiger partial charge on any atom is -0.508 e. The standard InChI is InChI=1S/C17H25N3O/c21-16-11-5-10-15(12-16)20-17(18-13-6-1-2-7-13)19-14-8-3-4-9-14/h5,10-14,21H,1-4,6-9H2,(H2,18,19,20). The molecule has 2 fully saturated rings. The van der Waals surface area contributed by atoms with Gasteiger partial charge in [0.1, 0.15) is 5.75 Å². The lowest BCUT2D eigenvalue weighted by Gasteiger charge is -2.19. The Morgan fingerprint density at radius 1 is 1.05 bits per heavy atom. The minimum atomic E-state index is 0.279. The predicted molar refractivity (Wildman–Crippen MR) is 86.8 cm³/mol. The number of rotatable bonds is 3. The van der Waals surface area contributed by atoms with Crippen LogP contribution in [-0.4, -0.2) is 23.1 Å². The van der Waals surface area contributed by atoms with Crippen molar-refractivity contribution < 1.29 is 5.11 Å². The summed E-state index contributed by atoms with van der Waals surface area (Å²) < 4.78 is 0. The summed E-state index contributed by atoms with van der Waals surface area (Å²) >= 11 is 0. The van der Waals surface area contributed by atoms with E-state index in [0.717, 1.165) is 11.6 Å².